The zero-order chi connectivity index (χ0) is 23.2. The standard InChI is InChI=1S/C22H28N4O4S/c1-22(2,3)30-21(29)26(20(27)28)14-16-12-17(24-19(23)31)10-11-18(16)25(4)13-15-8-6-5-7-9-15/h5-12H,13-14H2,1-4H3,(H,27,28)(H3,23,24,31). The molecule has 0 radical (unpaired) electrons. The molecule has 2 rings (SSSR count). The van der Waals surface area contributed by atoms with E-state index in [2.05, 4.69) is 5.32 Å². The van der Waals surface area contributed by atoms with Gasteiger partial charge in [-0.05, 0) is 62.3 Å². The third kappa shape index (κ3) is 7.45. The Morgan fingerprint density at radius 3 is 2.32 bits per heavy atom. The molecule has 9 heteroatoms. The summed E-state index contributed by atoms with van der Waals surface area (Å²) in [5, 5.41) is 12.6. The molecule has 0 fully saturated rings. The monoisotopic (exact) mass is 444 g/mol. The van der Waals surface area contributed by atoms with Gasteiger partial charge in [-0.1, -0.05) is 30.3 Å². The van der Waals surface area contributed by atoms with Crippen LogP contribution in [-0.2, 0) is 17.8 Å². The van der Waals surface area contributed by atoms with Gasteiger partial charge in [0.25, 0.3) is 0 Å². The molecule has 0 saturated carbocycles. The lowest BCUT2D eigenvalue weighted by Crippen LogP contribution is -2.40. The average molecular weight is 445 g/mol. The first-order chi connectivity index (χ1) is 14.5. The smallest absolute Gasteiger partial charge is 0.420 e. The number of thiocarbonyl (C=S) groups is 1. The second-order valence-electron chi connectivity index (χ2n) is 8.02. The van der Waals surface area contributed by atoms with Crippen molar-refractivity contribution in [1.29, 1.82) is 0 Å². The van der Waals surface area contributed by atoms with E-state index in [1.807, 2.05) is 48.3 Å². The number of benzene rings is 2. The molecule has 166 valence electrons. The first-order valence-corrected chi connectivity index (χ1v) is 10.0. The van der Waals surface area contributed by atoms with Crippen LogP contribution in [0.3, 0.4) is 0 Å². The number of nitrogens with zero attached hydrogens (tertiary/aromatic N) is 2. The minimum absolute atomic E-state index is 0.0820. The summed E-state index contributed by atoms with van der Waals surface area (Å²) in [4.78, 5) is 26.9. The van der Waals surface area contributed by atoms with Crippen molar-refractivity contribution in [2.75, 3.05) is 17.3 Å². The summed E-state index contributed by atoms with van der Waals surface area (Å²) in [6, 6.07) is 15.2. The third-order valence-electron chi connectivity index (χ3n) is 4.19. The number of imide groups is 1. The van der Waals surface area contributed by atoms with Gasteiger partial charge in [-0.3, -0.25) is 0 Å². The van der Waals surface area contributed by atoms with Crippen LogP contribution in [0, 0.1) is 0 Å². The van der Waals surface area contributed by atoms with Gasteiger partial charge in [0, 0.05) is 25.0 Å². The maximum absolute atomic E-state index is 12.5. The van der Waals surface area contributed by atoms with Gasteiger partial charge in [-0.2, -0.15) is 0 Å². The number of nitrogens with two attached hydrogens (primary N) is 1. The van der Waals surface area contributed by atoms with Crippen molar-refractivity contribution in [2.24, 2.45) is 5.73 Å². The molecule has 8 nitrogen and oxygen atoms in total. The highest BCUT2D eigenvalue weighted by molar-refractivity contribution is 7.80. The highest BCUT2D eigenvalue weighted by Gasteiger charge is 2.28. The average Bonchev–Trinajstić information content (AvgIpc) is 2.64. The van der Waals surface area contributed by atoms with E-state index in [9.17, 15) is 14.7 Å². The second kappa shape index (κ2) is 10.1. The molecular weight excluding hydrogens is 416 g/mol. The van der Waals surface area contributed by atoms with Crippen molar-refractivity contribution >= 4 is 40.9 Å². The van der Waals surface area contributed by atoms with Crippen molar-refractivity contribution in [2.45, 2.75) is 39.5 Å². The number of carbonyl (C=O) groups is 2. The zero-order valence-electron chi connectivity index (χ0n) is 18.1. The van der Waals surface area contributed by atoms with Crippen molar-refractivity contribution in [1.82, 2.24) is 4.90 Å². The molecular formula is C22H28N4O4S. The molecule has 31 heavy (non-hydrogen) atoms. The van der Waals surface area contributed by atoms with Gasteiger partial charge in [-0.15, -0.1) is 0 Å². The Morgan fingerprint density at radius 2 is 1.77 bits per heavy atom. The summed E-state index contributed by atoms with van der Waals surface area (Å²) in [6.07, 6.45) is -2.34. The van der Waals surface area contributed by atoms with E-state index < -0.39 is 17.8 Å². The SMILES string of the molecule is CN(Cc1ccccc1)c1ccc(NC(N)=S)cc1CN(C(=O)O)C(=O)OC(C)(C)C. The van der Waals surface area contributed by atoms with Crippen molar-refractivity contribution in [3.63, 3.8) is 0 Å². The molecule has 0 aromatic heterocycles. The van der Waals surface area contributed by atoms with Gasteiger partial charge in [-0.25, -0.2) is 14.5 Å². The van der Waals surface area contributed by atoms with Crippen LogP contribution in [0.2, 0.25) is 0 Å². The van der Waals surface area contributed by atoms with Crippen LogP contribution in [0.4, 0.5) is 21.0 Å². The minimum atomic E-state index is -1.40. The third-order valence-corrected chi connectivity index (χ3v) is 4.30. The zero-order valence-corrected chi connectivity index (χ0v) is 18.9. The number of hydrogen-bond acceptors (Lipinski definition) is 5. The van der Waals surface area contributed by atoms with Crippen LogP contribution < -0.4 is 16.0 Å². The van der Waals surface area contributed by atoms with Crippen molar-refractivity contribution in [3.05, 3.63) is 59.7 Å². The molecule has 0 unspecified atom stereocenters. The summed E-state index contributed by atoms with van der Waals surface area (Å²) >= 11 is 4.90. The fraction of sp³-hybridized carbons (Fsp3) is 0.318. The van der Waals surface area contributed by atoms with Gasteiger partial charge in [0.2, 0.25) is 0 Å². The number of carbonyl (C=O) groups excluding carboxylic acids is 1. The molecule has 2 aromatic carbocycles. The summed E-state index contributed by atoms with van der Waals surface area (Å²) < 4.78 is 5.26. The molecule has 0 aliphatic heterocycles. The van der Waals surface area contributed by atoms with Gasteiger partial charge >= 0.3 is 12.2 Å². The van der Waals surface area contributed by atoms with Gasteiger partial charge < -0.3 is 25.8 Å². The van der Waals surface area contributed by atoms with Crippen LogP contribution in [0.1, 0.15) is 31.9 Å². The Labute approximate surface area is 187 Å². The summed E-state index contributed by atoms with van der Waals surface area (Å²) in [5.74, 6) is 0. The molecule has 2 aromatic rings. The molecule has 0 aliphatic carbocycles. The second-order valence-corrected chi connectivity index (χ2v) is 8.46. The Morgan fingerprint density at radius 1 is 1.13 bits per heavy atom. The predicted molar refractivity (Wildman–Crippen MR) is 125 cm³/mol. The predicted octanol–water partition coefficient (Wildman–Crippen LogP) is 4.39. The van der Waals surface area contributed by atoms with Gasteiger partial charge in [0.05, 0.1) is 6.54 Å². The van der Waals surface area contributed by atoms with Crippen LogP contribution in [0.5, 0.6) is 0 Å². The molecule has 2 amide bonds. The molecule has 0 heterocycles. The number of rotatable bonds is 6. The Hall–Kier alpha value is -3.33. The highest BCUT2D eigenvalue weighted by atomic mass is 32.1. The van der Waals surface area contributed by atoms with E-state index in [4.69, 9.17) is 22.7 Å². The Kier molecular flexibility index (Phi) is 7.82. The van der Waals surface area contributed by atoms with Crippen LogP contribution in [-0.4, -0.2) is 40.0 Å². The molecule has 0 aliphatic rings. The summed E-state index contributed by atoms with van der Waals surface area (Å²) in [5.41, 5.74) is 7.77. The number of carboxylic acid groups (broad SMARTS) is 1. The molecule has 0 spiro atoms. The van der Waals surface area contributed by atoms with E-state index in [0.717, 1.165) is 11.3 Å². The van der Waals surface area contributed by atoms with E-state index in [-0.39, 0.29) is 11.7 Å². The van der Waals surface area contributed by atoms with Gasteiger partial charge in [0.15, 0.2) is 5.11 Å². The van der Waals surface area contributed by atoms with E-state index in [1.165, 1.54) is 0 Å². The van der Waals surface area contributed by atoms with E-state index in [1.54, 1.807) is 32.9 Å². The van der Waals surface area contributed by atoms with E-state index >= 15 is 0 Å². The number of amides is 2. The van der Waals surface area contributed by atoms with Crippen molar-refractivity contribution < 1.29 is 19.4 Å². The first kappa shape index (κ1) is 23.9. The normalized spacial score (nSPS) is 10.8. The summed E-state index contributed by atoms with van der Waals surface area (Å²) in [6.45, 7) is 5.42. The fourth-order valence-electron chi connectivity index (χ4n) is 2.94. The van der Waals surface area contributed by atoms with Crippen LogP contribution in [0.25, 0.3) is 0 Å². The largest absolute Gasteiger partial charge is 0.465 e. The Balaban J connectivity index is 2.39. The van der Waals surface area contributed by atoms with Crippen LogP contribution in [0.15, 0.2) is 48.5 Å². The highest BCUT2D eigenvalue weighted by Crippen LogP contribution is 2.27. The quantitative estimate of drug-likeness (QED) is 0.563. The lowest BCUT2D eigenvalue weighted by Gasteiger charge is -2.27. The maximum atomic E-state index is 12.5. The molecule has 0 saturated heterocycles. The lowest BCUT2D eigenvalue weighted by atomic mass is 10.1. The maximum Gasteiger partial charge on any atom is 0.420 e. The number of hydrogen-bond donors (Lipinski definition) is 3. The summed E-state index contributed by atoms with van der Waals surface area (Å²) in [7, 11) is 1.89. The van der Waals surface area contributed by atoms with Gasteiger partial charge in [0.1, 0.15) is 5.60 Å². The molecule has 0 bridgehead atoms. The number of ether oxygens (including phenoxy) is 1. The lowest BCUT2D eigenvalue weighted by molar-refractivity contribution is 0.0255. The Bertz CT molecular complexity index is 944. The number of nitrogens with one attached hydrogen (secondary N) is 1. The number of anilines is 2. The van der Waals surface area contributed by atoms with Crippen molar-refractivity contribution in [3.8, 4) is 0 Å². The minimum Gasteiger partial charge on any atom is -0.465 e. The first-order valence-electron chi connectivity index (χ1n) is 9.64. The van der Waals surface area contributed by atoms with Crippen LogP contribution >= 0.6 is 12.2 Å². The van der Waals surface area contributed by atoms with E-state index in [0.29, 0.717) is 22.7 Å². The molecule has 4 N–H and O–H groups in total. The fourth-order valence-corrected chi connectivity index (χ4v) is 3.06. The topological polar surface area (TPSA) is 108 Å². The molecule has 0 atom stereocenters.